The van der Waals surface area contributed by atoms with Crippen molar-refractivity contribution in [3.05, 3.63) is 42.2 Å². The molecule has 1 aromatic rings. The van der Waals surface area contributed by atoms with Crippen LogP contribution in [0.2, 0.25) is 0 Å². The van der Waals surface area contributed by atoms with E-state index in [4.69, 9.17) is 4.74 Å². The molecule has 1 aromatic heterocycles. The van der Waals surface area contributed by atoms with Gasteiger partial charge in [-0.3, -0.25) is 14.6 Å². The van der Waals surface area contributed by atoms with Gasteiger partial charge >= 0.3 is 0 Å². The van der Waals surface area contributed by atoms with E-state index in [2.05, 4.69) is 4.98 Å². The number of halogens is 2. The lowest BCUT2D eigenvalue weighted by molar-refractivity contribution is -0.147. The number of ether oxygens (including phenoxy) is 1. The van der Waals surface area contributed by atoms with Crippen LogP contribution in [0.5, 0.6) is 0 Å². The average Bonchev–Trinajstić information content (AvgIpc) is 3.35. The van der Waals surface area contributed by atoms with Crippen LogP contribution in [-0.4, -0.2) is 70.4 Å². The summed E-state index contributed by atoms with van der Waals surface area (Å²) >= 11 is 0. The van der Waals surface area contributed by atoms with Crippen molar-refractivity contribution in [1.29, 1.82) is 0 Å². The first-order chi connectivity index (χ1) is 13.9. The van der Waals surface area contributed by atoms with E-state index in [0.29, 0.717) is 19.5 Å². The van der Waals surface area contributed by atoms with Crippen LogP contribution in [0.25, 0.3) is 0 Å². The molecule has 0 saturated carbocycles. The molecule has 6 nitrogen and oxygen atoms in total. The fourth-order valence-electron chi connectivity index (χ4n) is 5.13. The number of nitrogens with zero attached hydrogens (tertiary/aromatic N) is 3. The van der Waals surface area contributed by atoms with E-state index in [9.17, 15) is 18.4 Å². The topological polar surface area (TPSA) is 62.7 Å². The first-order valence-electron chi connectivity index (χ1n) is 10.1. The molecule has 29 heavy (non-hydrogen) atoms. The van der Waals surface area contributed by atoms with Gasteiger partial charge in [-0.15, -0.1) is 0 Å². The number of hydrogen-bond acceptors (Lipinski definition) is 4. The van der Waals surface area contributed by atoms with E-state index < -0.39 is 29.5 Å². The van der Waals surface area contributed by atoms with Crippen molar-refractivity contribution >= 4 is 11.8 Å². The molecule has 2 amide bonds. The normalized spacial score (nSPS) is 34.7. The van der Waals surface area contributed by atoms with Crippen molar-refractivity contribution in [3.63, 3.8) is 0 Å². The molecule has 4 aliphatic rings. The second-order valence-electron chi connectivity index (χ2n) is 8.45. The SMILES string of the molecule is O=C([C@@H]1[C@@H]2C=C[C@@]3(CN(CCc4ccncc4)C(=O)[C@@H]13)O2)N1CCC(F)(F)CC1. The first-order valence-corrected chi connectivity index (χ1v) is 10.1. The first kappa shape index (κ1) is 18.7. The maximum Gasteiger partial charge on any atom is 0.251 e. The molecule has 154 valence electrons. The third kappa shape index (κ3) is 3.04. The van der Waals surface area contributed by atoms with Crippen LogP contribution in [0.3, 0.4) is 0 Å². The molecular formula is C21H23F2N3O3. The quantitative estimate of drug-likeness (QED) is 0.718. The van der Waals surface area contributed by atoms with Gasteiger partial charge in [-0.05, 0) is 24.1 Å². The van der Waals surface area contributed by atoms with Crippen LogP contribution in [-0.2, 0) is 20.7 Å². The Labute approximate surface area is 167 Å². The smallest absolute Gasteiger partial charge is 0.251 e. The second-order valence-corrected chi connectivity index (χ2v) is 8.45. The van der Waals surface area contributed by atoms with Crippen molar-refractivity contribution < 1.29 is 23.1 Å². The Morgan fingerprint density at radius 1 is 1.24 bits per heavy atom. The molecule has 2 bridgehead atoms. The van der Waals surface area contributed by atoms with Gasteiger partial charge in [0.15, 0.2) is 0 Å². The zero-order chi connectivity index (χ0) is 20.2. The summed E-state index contributed by atoms with van der Waals surface area (Å²) in [4.78, 5) is 33.6. The lowest BCUT2D eigenvalue weighted by Crippen LogP contribution is -2.50. The van der Waals surface area contributed by atoms with Crippen LogP contribution in [0.1, 0.15) is 18.4 Å². The molecule has 5 heterocycles. The molecule has 0 aromatic carbocycles. The number of hydrogen-bond donors (Lipinski definition) is 0. The lowest BCUT2D eigenvalue weighted by atomic mass is 9.76. The molecule has 4 atom stereocenters. The largest absolute Gasteiger partial charge is 0.360 e. The summed E-state index contributed by atoms with van der Waals surface area (Å²) in [5.41, 5.74) is 0.324. The number of aromatic nitrogens is 1. The van der Waals surface area contributed by atoms with Gasteiger partial charge in [0.05, 0.1) is 24.5 Å². The number of pyridine rings is 1. The number of piperidine rings is 1. The summed E-state index contributed by atoms with van der Waals surface area (Å²) in [7, 11) is 0. The number of alkyl halides is 2. The Morgan fingerprint density at radius 2 is 1.97 bits per heavy atom. The molecule has 3 fully saturated rings. The van der Waals surface area contributed by atoms with Crippen LogP contribution in [0.4, 0.5) is 8.78 Å². The van der Waals surface area contributed by atoms with Gasteiger partial charge in [0, 0.05) is 44.9 Å². The van der Waals surface area contributed by atoms with Crippen LogP contribution in [0, 0.1) is 11.8 Å². The third-order valence-electron chi connectivity index (χ3n) is 6.69. The van der Waals surface area contributed by atoms with Crippen molar-refractivity contribution in [3.8, 4) is 0 Å². The zero-order valence-corrected chi connectivity index (χ0v) is 16.0. The van der Waals surface area contributed by atoms with Crippen molar-refractivity contribution in [1.82, 2.24) is 14.8 Å². The van der Waals surface area contributed by atoms with Gasteiger partial charge in [-0.2, -0.15) is 0 Å². The minimum atomic E-state index is -2.71. The Kier molecular flexibility index (Phi) is 4.24. The summed E-state index contributed by atoms with van der Waals surface area (Å²) in [6.07, 6.45) is 6.82. The number of fused-ring (bicyclic) bond motifs is 1. The highest BCUT2D eigenvalue weighted by molar-refractivity contribution is 5.93. The molecule has 8 heteroatoms. The highest BCUT2D eigenvalue weighted by Crippen LogP contribution is 2.52. The fourth-order valence-corrected chi connectivity index (χ4v) is 5.13. The Balaban J connectivity index is 1.31. The maximum atomic E-state index is 13.5. The number of amides is 2. The molecule has 4 aliphatic heterocycles. The third-order valence-corrected chi connectivity index (χ3v) is 6.69. The summed E-state index contributed by atoms with van der Waals surface area (Å²) in [5.74, 6) is -4.21. The molecule has 3 saturated heterocycles. The predicted octanol–water partition coefficient (Wildman–Crippen LogP) is 1.66. The molecule has 0 unspecified atom stereocenters. The number of carbonyl (C=O) groups is 2. The summed E-state index contributed by atoms with van der Waals surface area (Å²) < 4.78 is 33.1. The van der Waals surface area contributed by atoms with E-state index >= 15 is 0 Å². The number of carbonyl (C=O) groups excluding carboxylic acids is 2. The van der Waals surface area contributed by atoms with E-state index in [-0.39, 0.29) is 37.7 Å². The van der Waals surface area contributed by atoms with Gasteiger partial charge in [0.25, 0.3) is 5.92 Å². The number of likely N-dealkylation sites (tertiary alicyclic amines) is 2. The van der Waals surface area contributed by atoms with Gasteiger partial charge in [-0.25, -0.2) is 8.78 Å². The van der Waals surface area contributed by atoms with E-state index in [1.807, 2.05) is 24.3 Å². The van der Waals surface area contributed by atoms with E-state index in [0.717, 1.165) is 5.56 Å². The number of rotatable bonds is 4. The lowest BCUT2D eigenvalue weighted by Gasteiger charge is -2.35. The van der Waals surface area contributed by atoms with Crippen molar-refractivity contribution in [2.45, 2.75) is 36.9 Å². The average molecular weight is 403 g/mol. The molecule has 0 N–H and O–H groups in total. The van der Waals surface area contributed by atoms with Gasteiger partial charge in [0.1, 0.15) is 5.60 Å². The maximum absolute atomic E-state index is 13.5. The highest BCUT2D eigenvalue weighted by Gasteiger charge is 2.67. The summed E-state index contributed by atoms with van der Waals surface area (Å²) in [6.45, 7) is 1.02. The van der Waals surface area contributed by atoms with Crippen LogP contribution in [0.15, 0.2) is 36.7 Å². The minimum absolute atomic E-state index is 0.0262. The van der Waals surface area contributed by atoms with Gasteiger partial charge < -0.3 is 14.5 Å². The minimum Gasteiger partial charge on any atom is -0.360 e. The highest BCUT2D eigenvalue weighted by atomic mass is 19.3. The Morgan fingerprint density at radius 3 is 2.69 bits per heavy atom. The van der Waals surface area contributed by atoms with Crippen molar-refractivity contribution in [2.75, 3.05) is 26.2 Å². The Bertz CT molecular complexity index is 852. The molecular weight excluding hydrogens is 380 g/mol. The van der Waals surface area contributed by atoms with E-state index in [1.165, 1.54) is 4.90 Å². The Hall–Kier alpha value is -2.35. The predicted molar refractivity (Wildman–Crippen MR) is 99.0 cm³/mol. The second kappa shape index (κ2) is 6.58. The van der Waals surface area contributed by atoms with Crippen LogP contribution >= 0.6 is 0 Å². The van der Waals surface area contributed by atoms with Crippen molar-refractivity contribution in [2.24, 2.45) is 11.8 Å². The van der Waals surface area contributed by atoms with E-state index in [1.54, 1.807) is 17.3 Å². The standard InChI is InChI=1S/C21H23F2N3O3/c22-21(23)6-11-25(12-7-21)18(27)16-15-1-5-20(29-15)13-26(19(28)17(16)20)10-4-14-2-8-24-9-3-14/h1-3,5,8-9,15-17H,4,6-7,10-13H2/t15-,16+,17+,20-/m0/s1. The van der Waals surface area contributed by atoms with Crippen LogP contribution < -0.4 is 0 Å². The van der Waals surface area contributed by atoms with Gasteiger partial charge in [0.2, 0.25) is 11.8 Å². The summed E-state index contributed by atoms with van der Waals surface area (Å²) in [5, 5.41) is 0. The van der Waals surface area contributed by atoms with Gasteiger partial charge in [-0.1, -0.05) is 12.2 Å². The zero-order valence-electron chi connectivity index (χ0n) is 16.0. The molecule has 0 radical (unpaired) electrons. The molecule has 1 spiro atoms. The fraction of sp³-hybridized carbons (Fsp3) is 0.571. The molecule has 5 rings (SSSR count). The summed E-state index contributed by atoms with van der Waals surface area (Å²) in [6, 6.07) is 3.83. The monoisotopic (exact) mass is 403 g/mol. The molecule has 0 aliphatic carbocycles.